The van der Waals surface area contributed by atoms with Crippen LogP contribution in [0.5, 0.6) is 0 Å². The Bertz CT molecular complexity index is 538. The number of esters is 1. The molecule has 5 heteroatoms. The molecule has 2 rings (SSSR count). The van der Waals surface area contributed by atoms with Crippen molar-refractivity contribution in [1.29, 1.82) is 0 Å². The summed E-state index contributed by atoms with van der Waals surface area (Å²) in [6, 6.07) is 9.65. The lowest BCUT2D eigenvalue weighted by Gasteiger charge is -2.37. The number of amides is 1. The van der Waals surface area contributed by atoms with Gasteiger partial charge < -0.3 is 14.8 Å². The van der Waals surface area contributed by atoms with Gasteiger partial charge in [-0.05, 0) is 38.2 Å². The van der Waals surface area contributed by atoms with Crippen LogP contribution in [0.2, 0.25) is 0 Å². The van der Waals surface area contributed by atoms with Crippen molar-refractivity contribution in [2.75, 3.05) is 6.61 Å². The van der Waals surface area contributed by atoms with Crippen molar-refractivity contribution in [3.63, 3.8) is 0 Å². The van der Waals surface area contributed by atoms with Crippen molar-refractivity contribution in [3.8, 4) is 0 Å². The minimum atomic E-state index is -0.373. The highest BCUT2D eigenvalue weighted by Gasteiger charge is 2.33. The van der Waals surface area contributed by atoms with Gasteiger partial charge in [-0.2, -0.15) is 0 Å². The van der Waals surface area contributed by atoms with Crippen molar-refractivity contribution in [1.82, 2.24) is 5.32 Å². The van der Waals surface area contributed by atoms with Gasteiger partial charge in [0.2, 0.25) is 0 Å². The molecule has 1 fully saturated rings. The molecule has 138 valence electrons. The maximum Gasteiger partial charge on any atom is 0.407 e. The van der Waals surface area contributed by atoms with Crippen LogP contribution >= 0.6 is 0 Å². The molecule has 0 aromatic heterocycles. The SMILES string of the molecule is CCOC(=O)CCCC1(NC(=O)OCc2ccccc2)CCCCC1. The largest absolute Gasteiger partial charge is 0.466 e. The zero-order valence-electron chi connectivity index (χ0n) is 15.1. The summed E-state index contributed by atoms with van der Waals surface area (Å²) in [6.07, 6.45) is 6.80. The molecule has 1 saturated carbocycles. The monoisotopic (exact) mass is 347 g/mol. The number of carbonyl (C=O) groups is 2. The Morgan fingerprint density at radius 1 is 1.08 bits per heavy atom. The average Bonchev–Trinajstić information content (AvgIpc) is 2.62. The Balaban J connectivity index is 1.83. The number of benzene rings is 1. The maximum absolute atomic E-state index is 12.3. The zero-order chi connectivity index (χ0) is 18.0. The molecule has 0 aliphatic heterocycles. The van der Waals surface area contributed by atoms with Gasteiger partial charge >= 0.3 is 12.1 Å². The van der Waals surface area contributed by atoms with Crippen LogP contribution in [0.4, 0.5) is 4.79 Å². The summed E-state index contributed by atoms with van der Waals surface area (Å²) in [6.45, 7) is 2.49. The first kappa shape index (κ1) is 19.3. The van der Waals surface area contributed by atoms with Gasteiger partial charge in [-0.3, -0.25) is 4.79 Å². The number of alkyl carbamates (subject to hydrolysis) is 1. The van der Waals surface area contributed by atoms with E-state index in [1.807, 2.05) is 37.3 Å². The van der Waals surface area contributed by atoms with Gasteiger partial charge in [-0.25, -0.2) is 4.79 Å². The van der Waals surface area contributed by atoms with Crippen LogP contribution in [0.1, 0.15) is 63.9 Å². The first-order valence-electron chi connectivity index (χ1n) is 9.28. The molecule has 1 aliphatic rings. The standard InChI is InChI=1S/C20H29NO4/c1-2-24-18(22)12-9-15-20(13-7-4-8-14-20)21-19(23)25-16-17-10-5-3-6-11-17/h3,5-6,10-11H,2,4,7-9,12-16H2,1H3,(H,21,23). The minimum absolute atomic E-state index is 0.167. The molecule has 1 aromatic carbocycles. The van der Waals surface area contributed by atoms with Crippen molar-refractivity contribution < 1.29 is 19.1 Å². The Kier molecular flexibility index (Phi) is 7.76. The molecule has 0 saturated heterocycles. The number of hydrogen-bond donors (Lipinski definition) is 1. The van der Waals surface area contributed by atoms with Gasteiger partial charge in [0.1, 0.15) is 6.61 Å². The quantitative estimate of drug-likeness (QED) is 0.710. The third-order valence-electron chi connectivity index (χ3n) is 4.73. The maximum atomic E-state index is 12.3. The molecule has 1 N–H and O–H groups in total. The van der Waals surface area contributed by atoms with E-state index < -0.39 is 0 Å². The fraction of sp³-hybridized carbons (Fsp3) is 0.600. The summed E-state index contributed by atoms with van der Waals surface area (Å²) in [5.74, 6) is -0.167. The van der Waals surface area contributed by atoms with Gasteiger partial charge in [0.15, 0.2) is 0 Å². The van der Waals surface area contributed by atoms with Crippen LogP contribution in [0.25, 0.3) is 0 Å². The molecule has 1 aromatic rings. The molecule has 0 heterocycles. The highest BCUT2D eigenvalue weighted by molar-refractivity contribution is 5.69. The van der Waals surface area contributed by atoms with Crippen LogP contribution in [0.15, 0.2) is 30.3 Å². The summed E-state index contributed by atoms with van der Waals surface area (Å²) in [5, 5.41) is 3.10. The summed E-state index contributed by atoms with van der Waals surface area (Å²) >= 11 is 0. The summed E-state index contributed by atoms with van der Waals surface area (Å²) in [5.41, 5.74) is 0.719. The van der Waals surface area contributed by atoms with E-state index in [0.29, 0.717) is 13.0 Å². The third-order valence-corrected chi connectivity index (χ3v) is 4.73. The second kappa shape index (κ2) is 10.1. The van der Waals surface area contributed by atoms with E-state index in [0.717, 1.165) is 44.1 Å². The molecular formula is C20H29NO4. The lowest BCUT2D eigenvalue weighted by molar-refractivity contribution is -0.143. The molecule has 0 bridgehead atoms. The van der Waals surface area contributed by atoms with E-state index in [2.05, 4.69) is 5.32 Å². The van der Waals surface area contributed by atoms with Gasteiger partial charge in [0.05, 0.1) is 6.61 Å². The fourth-order valence-electron chi connectivity index (χ4n) is 3.45. The van der Waals surface area contributed by atoms with Crippen LogP contribution in [-0.4, -0.2) is 24.2 Å². The normalized spacial score (nSPS) is 16.0. The fourth-order valence-corrected chi connectivity index (χ4v) is 3.45. The van der Waals surface area contributed by atoms with Gasteiger partial charge in [-0.15, -0.1) is 0 Å². The Morgan fingerprint density at radius 3 is 2.48 bits per heavy atom. The Morgan fingerprint density at radius 2 is 1.80 bits per heavy atom. The van der Waals surface area contributed by atoms with Crippen LogP contribution in [-0.2, 0) is 20.9 Å². The molecule has 25 heavy (non-hydrogen) atoms. The van der Waals surface area contributed by atoms with Crippen molar-refractivity contribution in [2.24, 2.45) is 0 Å². The lowest BCUT2D eigenvalue weighted by atomic mass is 9.78. The first-order valence-corrected chi connectivity index (χ1v) is 9.28. The topological polar surface area (TPSA) is 64.6 Å². The van der Waals surface area contributed by atoms with E-state index in [9.17, 15) is 9.59 Å². The van der Waals surface area contributed by atoms with Gasteiger partial charge in [0.25, 0.3) is 0 Å². The summed E-state index contributed by atoms with van der Waals surface area (Å²) < 4.78 is 10.4. The molecule has 0 spiro atoms. The second-order valence-corrected chi connectivity index (χ2v) is 6.69. The smallest absolute Gasteiger partial charge is 0.407 e. The van der Waals surface area contributed by atoms with Crippen molar-refractivity contribution >= 4 is 12.1 Å². The molecule has 1 aliphatic carbocycles. The number of hydrogen-bond acceptors (Lipinski definition) is 4. The highest BCUT2D eigenvalue weighted by atomic mass is 16.5. The highest BCUT2D eigenvalue weighted by Crippen LogP contribution is 2.32. The zero-order valence-corrected chi connectivity index (χ0v) is 15.1. The average molecular weight is 347 g/mol. The van der Waals surface area contributed by atoms with E-state index >= 15 is 0 Å². The van der Waals surface area contributed by atoms with E-state index in [1.165, 1.54) is 6.42 Å². The molecule has 0 atom stereocenters. The number of nitrogens with one attached hydrogen (secondary N) is 1. The van der Waals surface area contributed by atoms with Gasteiger partial charge in [-0.1, -0.05) is 49.6 Å². The Hall–Kier alpha value is -2.04. The van der Waals surface area contributed by atoms with E-state index in [1.54, 1.807) is 0 Å². The second-order valence-electron chi connectivity index (χ2n) is 6.69. The minimum Gasteiger partial charge on any atom is -0.466 e. The van der Waals surface area contributed by atoms with Crippen LogP contribution < -0.4 is 5.32 Å². The lowest BCUT2D eigenvalue weighted by Crippen LogP contribution is -2.50. The number of rotatable bonds is 8. The van der Waals surface area contributed by atoms with Crippen molar-refractivity contribution in [2.45, 2.75) is 70.4 Å². The van der Waals surface area contributed by atoms with E-state index in [-0.39, 0.29) is 24.2 Å². The molecule has 5 nitrogen and oxygen atoms in total. The van der Waals surface area contributed by atoms with Crippen LogP contribution in [0, 0.1) is 0 Å². The molecular weight excluding hydrogens is 318 g/mol. The molecule has 0 unspecified atom stereocenters. The predicted octanol–water partition coefficient (Wildman–Crippen LogP) is 4.35. The van der Waals surface area contributed by atoms with Crippen molar-refractivity contribution in [3.05, 3.63) is 35.9 Å². The molecule has 0 radical (unpaired) electrons. The van der Waals surface area contributed by atoms with Crippen LogP contribution in [0.3, 0.4) is 0 Å². The molecule has 1 amide bonds. The number of ether oxygens (including phenoxy) is 2. The Labute approximate surface area is 150 Å². The predicted molar refractivity (Wildman–Crippen MR) is 96.1 cm³/mol. The van der Waals surface area contributed by atoms with E-state index in [4.69, 9.17) is 9.47 Å². The number of carbonyl (C=O) groups excluding carboxylic acids is 2. The summed E-state index contributed by atoms with van der Waals surface area (Å²) in [7, 11) is 0. The van der Waals surface area contributed by atoms with Gasteiger partial charge in [0, 0.05) is 12.0 Å². The third kappa shape index (κ3) is 6.77. The summed E-state index contributed by atoms with van der Waals surface area (Å²) in [4.78, 5) is 23.8. The first-order chi connectivity index (χ1) is 12.1.